The Balaban J connectivity index is 1.98. The molecule has 0 unspecified atom stereocenters. The monoisotopic (exact) mass is 290 g/mol. The lowest BCUT2D eigenvalue weighted by Crippen LogP contribution is -2.38. The van der Waals surface area contributed by atoms with Crippen molar-refractivity contribution < 1.29 is 5.11 Å². The van der Waals surface area contributed by atoms with Crippen LogP contribution in [0.1, 0.15) is 51.0 Å². The zero-order chi connectivity index (χ0) is 14.9. The minimum atomic E-state index is 0.232. The third-order valence-corrected chi connectivity index (χ3v) is 4.38. The molecule has 0 aromatic heterocycles. The molecule has 0 bridgehead atoms. The van der Waals surface area contributed by atoms with Gasteiger partial charge in [0.2, 0.25) is 0 Å². The SMILES string of the molecule is CCCNCc1ccc(N(CCO)C2CCCCC2)cc1. The van der Waals surface area contributed by atoms with Gasteiger partial charge in [0.25, 0.3) is 0 Å². The number of aliphatic hydroxyl groups excluding tert-OH is 1. The van der Waals surface area contributed by atoms with Crippen LogP contribution >= 0.6 is 0 Å². The van der Waals surface area contributed by atoms with Crippen molar-refractivity contribution >= 4 is 5.69 Å². The topological polar surface area (TPSA) is 35.5 Å². The van der Waals surface area contributed by atoms with Crippen molar-refractivity contribution in [2.75, 3.05) is 24.6 Å². The van der Waals surface area contributed by atoms with Gasteiger partial charge in [0.15, 0.2) is 0 Å². The van der Waals surface area contributed by atoms with Crippen LogP contribution in [0.5, 0.6) is 0 Å². The molecule has 3 nitrogen and oxygen atoms in total. The van der Waals surface area contributed by atoms with Crippen LogP contribution in [-0.4, -0.2) is 30.8 Å². The summed E-state index contributed by atoms with van der Waals surface area (Å²) in [4.78, 5) is 2.41. The first-order valence-corrected chi connectivity index (χ1v) is 8.52. The maximum atomic E-state index is 9.37. The second kappa shape index (κ2) is 9.06. The molecule has 0 aliphatic heterocycles. The van der Waals surface area contributed by atoms with Gasteiger partial charge in [-0.2, -0.15) is 0 Å². The lowest BCUT2D eigenvalue weighted by atomic mass is 9.93. The first-order valence-electron chi connectivity index (χ1n) is 8.52. The predicted octanol–water partition coefficient (Wildman–Crippen LogP) is 3.32. The Labute approximate surface area is 129 Å². The summed E-state index contributed by atoms with van der Waals surface area (Å²) >= 11 is 0. The first kappa shape index (κ1) is 16.3. The Morgan fingerprint density at radius 1 is 1.14 bits per heavy atom. The van der Waals surface area contributed by atoms with Gasteiger partial charge in [0, 0.05) is 24.8 Å². The molecule has 1 fully saturated rings. The molecular formula is C18H30N2O. The summed E-state index contributed by atoms with van der Waals surface area (Å²) in [5, 5.41) is 12.8. The van der Waals surface area contributed by atoms with E-state index in [1.54, 1.807) is 0 Å². The fourth-order valence-electron chi connectivity index (χ4n) is 3.24. The molecule has 21 heavy (non-hydrogen) atoms. The molecule has 1 aliphatic rings. The molecule has 1 aromatic rings. The van der Waals surface area contributed by atoms with Crippen molar-refractivity contribution in [2.24, 2.45) is 0 Å². The summed E-state index contributed by atoms with van der Waals surface area (Å²) in [7, 11) is 0. The van der Waals surface area contributed by atoms with E-state index in [0.717, 1.165) is 19.6 Å². The lowest BCUT2D eigenvalue weighted by Gasteiger charge is -2.36. The second-order valence-electron chi connectivity index (χ2n) is 6.05. The van der Waals surface area contributed by atoms with E-state index in [-0.39, 0.29) is 6.61 Å². The number of anilines is 1. The van der Waals surface area contributed by atoms with E-state index < -0.39 is 0 Å². The summed E-state index contributed by atoms with van der Waals surface area (Å²) in [6, 6.07) is 9.46. The Hall–Kier alpha value is -1.06. The molecule has 0 spiro atoms. The van der Waals surface area contributed by atoms with E-state index in [0.29, 0.717) is 6.04 Å². The van der Waals surface area contributed by atoms with Crippen molar-refractivity contribution in [3.05, 3.63) is 29.8 Å². The zero-order valence-electron chi connectivity index (χ0n) is 13.4. The van der Waals surface area contributed by atoms with Crippen LogP contribution in [0, 0.1) is 0 Å². The van der Waals surface area contributed by atoms with Crippen LogP contribution < -0.4 is 10.2 Å². The number of nitrogens with one attached hydrogen (secondary N) is 1. The fraction of sp³-hybridized carbons (Fsp3) is 0.667. The number of rotatable bonds is 8. The number of nitrogens with zero attached hydrogens (tertiary/aromatic N) is 1. The van der Waals surface area contributed by atoms with Gasteiger partial charge >= 0.3 is 0 Å². The predicted molar refractivity (Wildman–Crippen MR) is 89.7 cm³/mol. The van der Waals surface area contributed by atoms with Crippen molar-refractivity contribution in [2.45, 2.75) is 58.0 Å². The molecule has 0 heterocycles. The molecule has 2 N–H and O–H groups in total. The maximum Gasteiger partial charge on any atom is 0.0606 e. The van der Waals surface area contributed by atoms with E-state index in [9.17, 15) is 5.11 Å². The van der Waals surface area contributed by atoms with Crippen molar-refractivity contribution in [1.29, 1.82) is 0 Å². The van der Waals surface area contributed by atoms with Crippen LogP contribution in [-0.2, 0) is 6.54 Å². The lowest BCUT2D eigenvalue weighted by molar-refractivity contribution is 0.290. The van der Waals surface area contributed by atoms with Crippen molar-refractivity contribution in [3.8, 4) is 0 Å². The Morgan fingerprint density at radius 2 is 1.86 bits per heavy atom. The summed E-state index contributed by atoms with van der Waals surface area (Å²) < 4.78 is 0. The van der Waals surface area contributed by atoms with E-state index in [4.69, 9.17) is 0 Å². The van der Waals surface area contributed by atoms with Gasteiger partial charge in [-0.3, -0.25) is 0 Å². The van der Waals surface area contributed by atoms with Crippen LogP contribution in [0.3, 0.4) is 0 Å². The van der Waals surface area contributed by atoms with Gasteiger partial charge < -0.3 is 15.3 Å². The molecule has 0 radical (unpaired) electrons. The summed E-state index contributed by atoms with van der Waals surface area (Å²) in [5.41, 5.74) is 2.59. The minimum Gasteiger partial charge on any atom is -0.395 e. The highest BCUT2D eigenvalue weighted by Crippen LogP contribution is 2.27. The average molecular weight is 290 g/mol. The standard InChI is InChI=1S/C18H30N2O/c1-2-12-19-15-16-8-10-18(11-9-16)20(13-14-21)17-6-4-3-5-7-17/h8-11,17,19,21H,2-7,12-15H2,1H3. The van der Waals surface area contributed by atoms with Crippen LogP contribution in [0.4, 0.5) is 5.69 Å². The van der Waals surface area contributed by atoms with Crippen LogP contribution in [0.25, 0.3) is 0 Å². The summed E-state index contributed by atoms with van der Waals surface area (Å²) in [5.74, 6) is 0. The number of hydrogen-bond acceptors (Lipinski definition) is 3. The van der Waals surface area contributed by atoms with E-state index in [1.165, 1.54) is 49.8 Å². The zero-order valence-corrected chi connectivity index (χ0v) is 13.4. The summed E-state index contributed by atoms with van der Waals surface area (Å²) in [6.07, 6.45) is 7.71. The number of benzene rings is 1. The van der Waals surface area contributed by atoms with Gasteiger partial charge in [-0.05, 0) is 43.5 Å². The van der Waals surface area contributed by atoms with Gasteiger partial charge in [0.05, 0.1) is 6.61 Å². The molecular weight excluding hydrogens is 260 g/mol. The Kier molecular flexibility index (Phi) is 7.04. The number of aliphatic hydroxyl groups is 1. The first-order chi connectivity index (χ1) is 10.3. The molecule has 1 aromatic carbocycles. The molecule has 0 atom stereocenters. The van der Waals surface area contributed by atoms with Crippen LogP contribution in [0.15, 0.2) is 24.3 Å². The highest BCUT2D eigenvalue weighted by molar-refractivity contribution is 5.48. The molecule has 0 saturated heterocycles. The molecule has 3 heteroatoms. The van der Waals surface area contributed by atoms with E-state index in [2.05, 4.69) is 41.4 Å². The molecule has 1 aliphatic carbocycles. The smallest absolute Gasteiger partial charge is 0.0606 e. The molecule has 2 rings (SSSR count). The highest BCUT2D eigenvalue weighted by atomic mass is 16.3. The summed E-state index contributed by atoms with van der Waals surface area (Å²) in [6.45, 7) is 5.18. The molecule has 118 valence electrons. The Bertz CT molecular complexity index is 385. The second-order valence-corrected chi connectivity index (χ2v) is 6.05. The minimum absolute atomic E-state index is 0.232. The normalized spacial score (nSPS) is 16.1. The van der Waals surface area contributed by atoms with E-state index in [1.807, 2.05) is 0 Å². The number of hydrogen-bond donors (Lipinski definition) is 2. The largest absolute Gasteiger partial charge is 0.395 e. The fourth-order valence-corrected chi connectivity index (χ4v) is 3.24. The van der Waals surface area contributed by atoms with E-state index >= 15 is 0 Å². The van der Waals surface area contributed by atoms with Gasteiger partial charge in [0.1, 0.15) is 0 Å². The van der Waals surface area contributed by atoms with Gasteiger partial charge in [-0.1, -0.05) is 38.3 Å². The van der Waals surface area contributed by atoms with Crippen molar-refractivity contribution in [3.63, 3.8) is 0 Å². The van der Waals surface area contributed by atoms with Crippen molar-refractivity contribution in [1.82, 2.24) is 5.32 Å². The molecule has 1 saturated carbocycles. The van der Waals surface area contributed by atoms with Crippen LogP contribution in [0.2, 0.25) is 0 Å². The van der Waals surface area contributed by atoms with Gasteiger partial charge in [-0.15, -0.1) is 0 Å². The third kappa shape index (κ3) is 5.01. The quantitative estimate of drug-likeness (QED) is 0.721. The molecule has 0 amide bonds. The Morgan fingerprint density at radius 3 is 2.48 bits per heavy atom. The highest BCUT2D eigenvalue weighted by Gasteiger charge is 2.20. The maximum absolute atomic E-state index is 9.37. The third-order valence-electron chi connectivity index (χ3n) is 4.38. The van der Waals surface area contributed by atoms with Gasteiger partial charge in [-0.25, -0.2) is 0 Å². The average Bonchev–Trinajstić information content (AvgIpc) is 2.54.